The normalized spacial score (nSPS) is 15.3. The lowest BCUT2D eigenvalue weighted by Gasteiger charge is -2.27. The number of aliphatic hydroxyl groups excluding tert-OH is 3. The van der Waals surface area contributed by atoms with Gasteiger partial charge in [0.25, 0.3) is 0 Å². The number of aliphatic hydroxyl groups is 3. The molecule has 1 rings (SSSR count). The van der Waals surface area contributed by atoms with Crippen LogP contribution in [0, 0.1) is 0 Å². The smallest absolute Gasteiger partial charge is 0.137 e. The van der Waals surface area contributed by atoms with Crippen molar-refractivity contribution in [3.05, 3.63) is 16.7 Å². The van der Waals surface area contributed by atoms with E-state index in [9.17, 15) is 15.3 Å². The zero-order valence-electron chi connectivity index (χ0n) is 13.3. The third kappa shape index (κ3) is 3.07. The van der Waals surface area contributed by atoms with E-state index < -0.39 is 18.3 Å². The van der Waals surface area contributed by atoms with Crippen LogP contribution in [0.15, 0.2) is 0 Å². The quantitative estimate of drug-likeness (QED) is 0.743. The van der Waals surface area contributed by atoms with Crippen LogP contribution in [-0.4, -0.2) is 36.6 Å². The highest BCUT2D eigenvalue weighted by Crippen LogP contribution is 2.50. The van der Waals surface area contributed by atoms with Crippen LogP contribution in [-0.2, 0) is 0 Å². The summed E-state index contributed by atoms with van der Waals surface area (Å²) in [6.07, 6.45) is -2.72. The van der Waals surface area contributed by atoms with Gasteiger partial charge in [0.05, 0.1) is 56.3 Å². The van der Waals surface area contributed by atoms with Gasteiger partial charge in [0.2, 0.25) is 0 Å². The van der Waals surface area contributed by atoms with Crippen LogP contribution in [0.5, 0.6) is 17.2 Å². The third-order valence-electron chi connectivity index (χ3n) is 3.33. The van der Waals surface area contributed by atoms with E-state index in [1.165, 1.54) is 21.3 Å². The van der Waals surface area contributed by atoms with Crippen molar-refractivity contribution in [2.24, 2.45) is 0 Å². The zero-order chi connectivity index (χ0) is 16.3. The standard InChI is InChI=1S/C15H24O6/c1-7(16)10-13(19-4)11(8(2)17)15(21-6)12(9(3)18)14(10)20-5/h7-9,16-18H,1-6H3/t7-,8-,9-/m0/s1. The lowest BCUT2D eigenvalue weighted by atomic mass is 9.92. The number of methoxy groups -OCH3 is 3. The van der Waals surface area contributed by atoms with Crippen LogP contribution in [0.4, 0.5) is 0 Å². The van der Waals surface area contributed by atoms with Gasteiger partial charge in [-0.3, -0.25) is 0 Å². The van der Waals surface area contributed by atoms with E-state index in [1.807, 2.05) is 0 Å². The molecule has 0 aliphatic heterocycles. The number of hydrogen-bond acceptors (Lipinski definition) is 6. The molecule has 0 spiro atoms. The highest BCUT2D eigenvalue weighted by Gasteiger charge is 2.31. The SMILES string of the molecule is COc1c([C@H](C)O)c(OC)c([C@H](C)O)c(OC)c1[C@H](C)O. The molecule has 3 atom stereocenters. The summed E-state index contributed by atoms with van der Waals surface area (Å²) in [5, 5.41) is 30.2. The van der Waals surface area contributed by atoms with Crippen molar-refractivity contribution in [3.8, 4) is 17.2 Å². The fourth-order valence-electron chi connectivity index (χ4n) is 2.54. The maximum absolute atomic E-state index is 10.1. The first-order valence-corrected chi connectivity index (χ1v) is 6.71. The molecule has 0 aliphatic carbocycles. The highest BCUT2D eigenvalue weighted by atomic mass is 16.5. The first kappa shape index (κ1) is 17.6. The Kier molecular flexibility index (Phi) is 5.83. The van der Waals surface area contributed by atoms with Crippen molar-refractivity contribution in [2.45, 2.75) is 39.1 Å². The van der Waals surface area contributed by atoms with E-state index in [1.54, 1.807) is 20.8 Å². The summed E-state index contributed by atoms with van der Waals surface area (Å²) >= 11 is 0. The Morgan fingerprint density at radius 2 is 0.762 bits per heavy atom. The lowest BCUT2D eigenvalue weighted by molar-refractivity contribution is 0.164. The predicted octanol–water partition coefficient (Wildman–Crippen LogP) is 1.87. The number of ether oxygens (including phenoxy) is 3. The molecule has 0 bridgehead atoms. The van der Waals surface area contributed by atoms with Crippen LogP contribution < -0.4 is 14.2 Å². The Morgan fingerprint density at radius 3 is 0.857 bits per heavy atom. The van der Waals surface area contributed by atoms with Gasteiger partial charge < -0.3 is 29.5 Å². The van der Waals surface area contributed by atoms with Crippen molar-refractivity contribution >= 4 is 0 Å². The van der Waals surface area contributed by atoms with E-state index in [-0.39, 0.29) is 17.2 Å². The molecular formula is C15H24O6. The molecule has 6 heteroatoms. The third-order valence-corrected chi connectivity index (χ3v) is 3.33. The van der Waals surface area contributed by atoms with Gasteiger partial charge >= 0.3 is 0 Å². The van der Waals surface area contributed by atoms with Crippen molar-refractivity contribution in [1.29, 1.82) is 0 Å². The summed E-state index contributed by atoms with van der Waals surface area (Å²) in [7, 11) is 4.32. The van der Waals surface area contributed by atoms with Crippen LogP contribution in [0.2, 0.25) is 0 Å². The van der Waals surface area contributed by atoms with Crippen molar-refractivity contribution in [2.75, 3.05) is 21.3 Å². The van der Waals surface area contributed by atoms with Gasteiger partial charge in [-0.15, -0.1) is 0 Å². The Bertz CT molecular complexity index is 401. The summed E-state index contributed by atoms with van der Waals surface area (Å²) in [6.45, 7) is 4.68. The molecule has 21 heavy (non-hydrogen) atoms. The van der Waals surface area contributed by atoms with E-state index in [2.05, 4.69) is 0 Å². The minimum absolute atomic E-state index is 0.290. The number of hydrogen-bond donors (Lipinski definition) is 3. The molecule has 0 unspecified atom stereocenters. The molecule has 6 nitrogen and oxygen atoms in total. The summed E-state index contributed by atoms with van der Waals surface area (Å²) in [5.74, 6) is 0.870. The van der Waals surface area contributed by atoms with Gasteiger partial charge in [0, 0.05) is 0 Å². The number of rotatable bonds is 6. The van der Waals surface area contributed by atoms with Crippen LogP contribution in [0.3, 0.4) is 0 Å². The van der Waals surface area contributed by atoms with Gasteiger partial charge in [0.1, 0.15) is 17.2 Å². The average Bonchev–Trinajstić information content (AvgIpc) is 2.42. The minimum atomic E-state index is -0.907. The van der Waals surface area contributed by atoms with Crippen LogP contribution in [0.25, 0.3) is 0 Å². The largest absolute Gasteiger partial charge is 0.496 e. The van der Waals surface area contributed by atoms with E-state index in [4.69, 9.17) is 14.2 Å². The van der Waals surface area contributed by atoms with Gasteiger partial charge in [-0.1, -0.05) is 0 Å². The fourth-order valence-corrected chi connectivity index (χ4v) is 2.54. The maximum atomic E-state index is 10.1. The molecule has 0 heterocycles. The second kappa shape index (κ2) is 6.98. The summed E-state index contributed by atoms with van der Waals surface area (Å²) < 4.78 is 16.1. The van der Waals surface area contributed by atoms with Crippen LogP contribution >= 0.6 is 0 Å². The van der Waals surface area contributed by atoms with Gasteiger partial charge in [-0.25, -0.2) is 0 Å². The molecule has 0 aromatic heterocycles. The average molecular weight is 300 g/mol. The summed E-state index contributed by atoms with van der Waals surface area (Å²) in [6, 6.07) is 0. The molecule has 0 aliphatic rings. The first-order valence-electron chi connectivity index (χ1n) is 6.71. The van der Waals surface area contributed by atoms with E-state index in [0.717, 1.165) is 0 Å². The van der Waals surface area contributed by atoms with Gasteiger partial charge in [0.15, 0.2) is 0 Å². The Labute approximate surface area is 124 Å². The molecule has 0 saturated heterocycles. The molecule has 0 amide bonds. The molecule has 1 aromatic carbocycles. The lowest BCUT2D eigenvalue weighted by Crippen LogP contribution is -2.12. The number of benzene rings is 1. The molecular weight excluding hydrogens is 276 g/mol. The van der Waals surface area contributed by atoms with Crippen molar-refractivity contribution in [3.63, 3.8) is 0 Å². The van der Waals surface area contributed by atoms with Gasteiger partial charge in [-0.05, 0) is 20.8 Å². The van der Waals surface area contributed by atoms with E-state index >= 15 is 0 Å². The zero-order valence-corrected chi connectivity index (χ0v) is 13.3. The first-order chi connectivity index (χ1) is 9.81. The van der Waals surface area contributed by atoms with Crippen LogP contribution in [0.1, 0.15) is 55.8 Å². The molecule has 0 radical (unpaired) electrons. The molecule has 120 valence electrons. The molecule has 3 N–H and O–H groups in total. The van der Waals surface area contributed by atoms with Crippen molar-refractivity contribution < 1.29 is 29.5 Å². The Hall–Kier alpha value is -1.50. The topological polar surface area (TPSA) is 88.4 Å². The molecule has 1 aromatic rings. The highest BCUT2D eigenvalue weighted by molar-refractivity contribution is 5.64. The Balaban J connectivity index is 3.96. The monoisotopic (exact) mass is 300 g/mol. The Morgan fingerprint density at radius 1 is 0.571 bits per heavy atom. The molecule has 0 fully saturated rings. The van der Waals surface area contributed by atoms with Crippen molar-refractivity contribution in [1.82, 2.24) is 0 Å². The second-order valence-corrected chi connectivity index (χ2v) is 4.87. The summed E-state index contributed by atoms with van der Waals surface area (Å²) in [5.41, 5.74) is 1.10. The predicted molar refractivity (Wildman–Crippen MR) is 78.0 cm³/mol. The van der Waals surface area contributed by atoms with Gasteiger partial charge in [-0.2, -0.15) is 0 Å². The summed E-state index contributed by atoms with van der Waals surface area (Å²) in [4.78, 5) is 0. The maximum Gasteiger partial charge on any atom is 0.137 e. The molecule has 0 saturated carbocycles. The van der Waals surface area contributed by atoms with E-state index in [0.29, 0.717) is 16.7 Å². The fraction of sp³-hybridized carbons (Fsp3) is 0.600. The second-order valence-electron chi connectivity index (χ2n) is 4.87. The minimum Gasteiger partial charge on any atom is -0.496 e.